The third kappa shape index (κ3) is 9.58. The molecule has 1 atom stereocenters. The van der Waals surface area contributed by atoms with Gasteiger partial charge in [0.05, 0.1) is 30.9 Å². The fourth-order valence-corrected chi connectivity index (χ4v) is 3.62. The third-order valence-corrected chi connectivity index (χ3v) is 5.43. The summed E-state index contributed by atoms with van der Waals surface area (Å²) in [4.78, 5) is 17.5. The highest BCUT2D eigenvalue weighted by atomic mass is 79.9. The quantitative estimate of drug-likeness (QED) is 0.242. The first-order valence-corrected chi connectivity index (χ1v) is 12.0. The molecule has 182 valence electrons. The zero-order valence-electron chi connectivity index (χ0n) is 17.3. The van der Waals surface area contributed by atoms with Crippen LogP contribution in [0.15, 0.2) is 53.0 Å². The fraction of sp³-hybridized carbons (Fsp3) is 0.333. The normalized spacial score (nSPS) is 14.4. The molecule has 0 saturated heterocycles. The number of aliphatic hydroxyl groups is 1. The lowest BCUT2D eigenvalue weighted by Gasteiger charge is -2.23. The van der Waals surface area contributed by atoms with Crippen LogP contribution in [-0.2, 0) is 21.7 Å². The van der Waals surface area contributed by atoms with Crippen LogP contribution in [0.4, 0.5) is 13.2 Å². The number of halogens is 4. The largest absolute Gasteiger partial charge is 0.493 e. The van der Waals surface area contributed by atoms with Crippen LogP contribution >= 0.6 is 23.8 Å². The van der Waals surface area contributed by atoms with Gasteiger partial charge in [-0.3, -0.25) is 4.52 Å². The number of benzene rings is 2. The number of hydrogen-bond donors (Lipinski definition) is 4. The summed E-state index contributed by atoms with van der Waals surface area (Å²) < 4.78 is 62.1. The molecular formula is C21H24BrF3NO6P. The van der Waals surface area contributed by atoms with E-state index in [2.05, 4.69) is 20.5 Å². The summed E-state index contributed by atoms with van der Waals surface area (Å²) in [6.07, 6.45) is -1.20. The summed E-state index contributed by atoms with van der Waals surface area (Å²) in [6.45, 7) is -1.41. The third-order valence-electron chi connectivity index (χ3n) is 4.47. The number of rotatable bonds is 11. The van der Waals surface area contributed by atoms with Gasteiger partial charge in [-0.15, -0.1) is 0 Å². The molecule has 5 N–H and O–H groups in total. The smallest absolute Gasteiger partial charge is 0.469 e. The lowest BCUT2D eigenvalue weighted by molar-refractivity contribution is -0.139. The Hall–Kier alpha value is -1.72. The minimum Gasteiger partial charge on any atom is -0.493 e. The highest BCUT2D eigenvalue weighted by Gasteiger charge is 2.34. The molecule has 0 radical (unpaired) electrons. The van der Waals surface area contributed by atoms with Gasteiger partial charge in [0.1, 0.15) is 5.75 Å². The number of hydrogen-bond acceptors (Lipinski definition) is 5. The Labute approximate surface area is 197 Å². The van der Waals surface area contributed by atoms with E-state index in [4.69, 9.17) is 20.3 Å². The predicted molar refractivity (Wildman–Crippen MR) is 120 cm³/mol. The number of phosphoric ester groups is 1. The van der Waals surface area contributed by atoms with Crippen molar-refractivity contribution in [3.8, 4) is 5.75 Å². The summed E-state index contributed by atoms with van der Waals surface area (Å²) in [5, 5.41) is 9.39. The maximum absolute atomic E-state index is 13.6. The first-order chi connectivity index (χ1) is 15.3. The Kier molecular flexibility index (Phi) is 9.69. The van der Waals surface area contributed by atoms with Crippen LogP contribution in [0.5, 0.6) is 5.75 Å². The monoisotopic (exact) mass is 553 g/mol. The van der Waals surface area contributed by atoms with Crippen LogP contribution in [0.2, 0.25) is 0 Å². The molecule has 2 aromatic rings. The van der Waals surface area contributed by atoms with E-state index in [-0.39, 0.29) is 17.9 Å². The van der Waals surface area contributed by atoms with Crippen molar-refractivity contribution in [2.75, 3.05) is 19.8 Å². The van der Waals surface area contributed by atoms with Gasteiger partial charge in [0.15, 0.2) is 0 Å². The molecule has 0 heterocycles. The lowest BCUT2D eigenvalue weighted by Crippen LogP contribution is -2.45. The van der Waals surface area contributed by atoms with Crippen molar-refractivity contribution in [3.63, 3.8) is 0 Å². The van der Waals surface area contributed by atoms with Crippen molar-refractivity contribution in [1.82, 2.24) is 0 Å². The average molecular weight is 554 g/mol. The van der Waals surface area contributed by atoms with Gasteiger partial charge in [0.2, 0.25) is 0 Å². The van der Waals surface area contributed by atoms with Crippen molar-refractivity contribution in [2.45, 2.75) is 24.6 Å². The second-order valence-corrected chi connectivity index (χ2v) is 9.48. The van der Waals surface area contributed by atoms with Gasteiger partial charge in [0, 0.05) is 4.47 Å². The van der Waals surface area contributed by atoms with Crippen molar-refractivity contribution in [1.29, 1.82) is 0 Å². The molecular weight excluding hydrogens is 530 g/mol. The highest BCUT2D eigenvalue weighted by molar-refractivity contribution is 9.10. The van der Waals surface area contributed by atoms with Crippen molar-refractivity contribution < 1.29 is 41.9 Å². The van der Waals surface area contributed by atoms with Crippen LogP contribution in [0.3, 0.4) is 0 Å². The first-order valence-electron chi connectivity index (χ1n) is 9.69. The number of nitrogens with two attached hydrogens (primary N) is 1. The summed E-state index contributed by atoms with van der Waals surface area (Å²) in [5.74, 6) is -0.320. The molecule has 1 unspecified atom stereocenters. The zero-order chi connectivity index (χ0) is 24.7. The van der Waals surface area contributed by atoms with Gasteiger partial charge >= 0.3 is 14.0 Å². The Morgan fingerprint density at radius 1 is 1.15 bits per heavy atom. The Morgan fingerprint density at radius 2 is 1.88 bits per heavy atom. The van der Waals surface area contributed by atoms with E-state index < -0.39 is 38.3 Å². The van der Waals surface area contributed by atoms with E-state index in [1.807, 2.05) is 24.3 Å². The van der Waals surface area contributed by atoms with Crippen LogP contribution in [-0.4, -0.2) is 40.3 Å². The molecule has 0 amide bonds. The second-order valence-electron chi connectivity index (χ2n) is 7.32. The second kappa shape index (κ2) is 11.6. The molecule has 0 aromatic heterocycles. The first kappa shape index (κ1) is 27.5. The van der Waals surface area contributed by atoms with Crippen LogP contribution in [0.1, 0.15) is 23.1 Å². The summed E-state index contributed by atoms with van der Waals surface area (Å²) in [6, 6.07) is 11.0. The van der Waals surface area contributed by atoms with Gasteiger partial charge in [-0.05, 0) is 48.2 Å². The Bertz CT molecular complexity index is 1010. The lowest BCUT2D eigenvalue weighted by atomic mass is 10.0. The molecule has 0 bridgehead atoms. The molecule has 7 nitrogen and oxygen atoms in total. The number of aryl methyl sites for hydroxylation is 1. The maximum atomic E-state index is 13.6. The van der Waals surface area contributed by atoms with Crippen LogP contribution in [0, 0.1) is 0 Å². The Balaban J connectivity index is 2.10. The average Bonchev–Trinajstić information content (AvgIpc) is 2.73. The van der Waals surface area contributed by atoms with E-state index in [9.17, 15) is 22.8 Å². The van der Waals surface area contributed by atoms with Gasteiger partial charge in [-0.25, -0.2) is 4.57 Å². The zero-order valence-corrected chi connectivity index (χ0v) is 19.8. The van der Waals surface area contributed by atoms with E-state index >= 15 is 0 Å². The Morgan fingerprint density at radius 3 is 2.48 bits per heavy atom. The van der Waals surface area contributed by atoms with E-state index in [1.54, 1.807) is 0 Å². The fourth-order valence-electron chi connectivity index (χ4n) is 2.76. The molecule has 0 fully saturated rings. The molecule has 0 spiro atoms. The molecule has 0 aliphatic rings. The van der Waals surface area contributed by atoms with Gasteiger partial charge in [-0.1, -0.05) is 46.3 Å². The van der Waals surface area contributed by atoms with E-state index in [0.29, 0.717) is 12.8 Å². The topological polar surface area (TPSA) is 122 Å². The van der Waals surface area contributed by atoms with Crippen molar-refractivity contribution in [2.24, 2.45) is 5.73 Å². The molecule has 0 aliphatic heterocycles. The number of aliphatic hydroxyl groups excluding tert-OH is 1. The standard InChI is InChI=1S/C21H24BrF3NO6P/c22-17-5-1-3-15(11-17)4-2-10-31-19-7-6-16(12-18(19)21(23,24)25)8-9-20(26,13-27)14-32-33(28,29)30/h1,3,5-9,11-12,27H,2,4,10,13-14,26H2,(H2,28,29,30). The molecule has 12 heteroatoms. The maximum Gasteiger partial charge on any atom is 0.469 e. The minimum absolute atomic E-state index is 0.0842. The SMILES string of the molecule is NC(C=Cc1ccc(OCCCc2cccc(Br)c2)c(C(F)(F)F)c1)(CO)COP(=O)(O)O. The van der Waals surface area contributed by atoms with Gasteiger partial charge in [-0.2, -0.15) is 13.2 Å². The van der Waals surface area contributed by atoms with E-state index in [1.165, 1.54) is 18.2 Å². The van der Waals surface area contributed by atoms with Gasteiger partial charge < -0.3 is 25.4 Å². The molecule has 0 saturated carbocycles. The molecule has 2 rings (SSSR count). The number of phosphoric acid groups is 1. The summed E-state index contributed by atoms with van der Waals surface area (Å²) in [7, 11) is -4.84. The van der Waals surface area contributed by atoms with Crippen molar-refractivity contribution in [3.05, 3.63) is 69.7 Å². The van der Waals surface area contributed by atoms with Crippen LogP contribution in [0.25, 0.3) is 6.08 Å². The van der Waals surface area contributed by atoms with Gasteiger partial charge in [0.25, 0.3) is 0 Å². The molecule has 0 aliphatic carbocycles. The van der Waals surface area contributed by atoms with Crippen molar-refractivity contribution >= 4 is 29.8 Å². The minimum atomic E-state index is -4.84. The molecule has 2 aromatic carbocycles. The van der Waals surface area contributed by atoms with E-state index in [0.717, 1.165) is 22.2 Å². The summed E-state index contributed by atoms with van der Waals surface area (Å²) in [5.41, 5.74) is 4.23. The highest BCUT2D eigenvalue weighted by Crippen LogP contribution is 2.38. The predicted octanol–water partition coefficient (Wildman–Crippen LogP) is 4.29. The number of ether oxygens (including phenoxy) is 1. The summed E-state index contributed by atoms with van der Waals surface area (Å²) >= 11 is 3.37. The number of alkyl halides is 3. The molecule has 33 heavy (non-hydrogen) atoms. The van der Waals surface area contributed by atoms with Crippen LogP contribution < -0.4 is 10.5 Å².